The van der Waals surface area contributed by atoms with Gasteiger partial charge in [-0.1, -0.05) is 37.3 Å². The molecule has 17 heavy (non-hydrogen) atoms. The molecular formula is C15H22O2. The molecule has 0 radical (unpaired) electrons. The number of aliphatic hydroxyl groups excluding tert-OH is 1. The number of rotatable bonds is 4. The maximum absolute atomic E-state index is 9.94. The molecule has 0 saturated heterocycles. The van der Waals surface area contributed by atoms with Crippen LogP contribution >= 0.6 is 0 Å². The lowest BCUT2D eigenvalue weighted by Crippen LogP contribution is -2.35. The van der Waals surface area contributed by atoms with Gasteiger partial charge in [-0.25, -0.2) is 0 Å². The number of benzene rings is 1. The van der Waals surface area contributed by atoms with Crippen LogP contribution in [0.1, 0.15) is 44.1 Å². The van der Waals surface area contributed by atoms with Gasteiger partial charge in [0.1, 0.15) is 0 Å². The Bertz CT molecular complexity index is 323. The van der Waals surface area contributed by atoms with Gasteiger partial charge in [0.2, 0.25) is 0 Å². The summed E-state index contributed by atoms with van der Waals surface area (Å²) in [6.07, 6.45) is 3.63. The summed E-state index contributed by atoms with van der Waals surface area (Å²) in [4.78, 5) is 0. The highest BCUT2D eigenvalue weighted by molar-refractivity contribution is 5.20. The fraction of sp³-hybridized carbons (Fsp3) is 0.600. The van der Waals surface area contributed by atoms with Gasteiger partial charge < -0.3 is 9.84 Å². The first-order valence-electron chi connectivity index (χ1n) is 6.66. The van der Waals surface area contributed by atoms with E-state index < -0.39 is 0 Å². The lowest BCUT2D eigenvalue weighted by atomic mass is 9.81. The Hall–Kier alpha value is -0.860. The van der Waals surface area contributed by atoms with Gasteiger partial charge in [0.25, 0.3) is 0 Å². The molecule has 3 unspecified atom stereocenters. The van der Waals surface area contributed by atoms with Gasteiger partial charge in [0.15, 0.2) is 0 Å². The summed E-state index contributed by atoms with van der Waals surface area (Å²) >= 11 is 0. The minimum atomic E-state index is -0.276. The standard InChI is InChI=1S/C15H22O2/c1-2-10-17-15-11-13(8-9-14(15)16)12-6-4-3-5-7-12/h3-7,13-16H,2,8-11H2,1H3. The molecule has 0 aromatic heterocycles. The molecule has 0 amide bonds. The van der Waals surface area contributed by atoms with E-state index in [2.05, 4.69) is 31.2 Å². The zero-order valence-corrected chi connectivity index (χ0v) is 10.5. The third kappa shape index (κ3) is 3.30. The maximum atomic E-state index is 9.94. The fourth-order valence-electron chi connectivity index (χ4n) is 2.59. The third-order valence-corrected chi connectivity index (χ3v) is 3.56. The van der Waals surface area contributed by atoms with E-state index in [0.717, 1.165) is 32.3 Å². The van der Waals surface area contributed by atoms with Crippen LogP contribution in [-0.2, 0) is 4.74 Å². The van der Waals surface area contributed by atoms with Gasteiger partial charge in [0, 0.05) is 6.61 Å². The van der Waals surface area contributed by atoms with Gasteiger partial charge in [-0.3, -0.25) is 0 Å². The Labute approximate surface area is 104 Å². The molecule has 1 aliphatic carbocycles. The monoisotopic (exact) mass is 234 g/mol. The van der Waals surface area contributed by atoms with Crippen LogP contribution in [0.15, 0.2) is 30.3 Å². The molecule has 2 nitrogen and oxygen atoms in total. The van der Waals surface area contributed by atoms with E-state index in [9.17, 15) is 5.11 Å². The predicted molar refractivity (Wildman–Crippen MR) is 69.1 cm³/mol. The van der Waals surface area contributed by atoms with Crippen LogP contribution in [0.3, 0.4) is 0 Å². The second kappa shape index (κ2) is 6.18. The van der Waals surface area contributed by atoms with Crippen LogP contribution in [0.4, 0.5) is 0 Å². The summed E-state index contributed by atoms with van der Waals surface area (Å²) in [7, 11) is 0. The first-order valence-corrected chi connectivity index (χ1v) is 6.66. The van der Waals surface area contributed by atoms with Crippen molar-refractivity contribution in [2.24, 2.45) is 0 Å². The van der Waals surface area contributed by atoms with Crippen molar-refractivity contribution in [1.29, 1.82) is 0 Å². The lowest BCUT2D eigenvalue weighted by molar-refractivity contribution is -0.0630. The Morgan fingerprint density at radius 3 is 2.71 bits per heavy atom. The van der Waals surface area contributed by atoms with Crippen molar-refractivity contribution in [2.45, 2.75) is 50.7 Å². The van der Waals surface area contributed by atoms with Crippen LogP contribution in [0.2, 0.25) is 0 Å². The van der Waals surface area contributed by atoms with E-state index >= 15 is 0 Å². The second-order valence-electron chi connectivity index (χ2n) is 4.90. The molecule has 0 bridgehead atoms. The number of hydrogen-bond donors (Lipinski definition) is 1. The van der Waals surface area contributed by atoms with E-state index in [-0.39, 0.29) is 12.2 Å². The normalized spacial score (nSPS) is 29.2. The van der Waals surface area contributed by atoms with Crippen LogP contribution in [0.5, 0.6) is 0 Å². The molecule has 3 atom stereocenters. The van der Waals surface area contributed by atoms with Gasteiger partial charge in [-0.2, -0.15) is 0 Å². The highest BCUT2D eigenvalue weighted by Crippen LogP contribution is 2.34. The van der Waals surface area contributed by atoms with Crippen LogP contribution in [-0.4, -0.2) is 23.9 Å². The minimum absolute atomic E-state index is 0.0221. The molecule has 1 saturated carbocycles. The molecular weight excluding hydrogens is 212 g/mol. The summed E-state index contributed by atoms with van der Waals surface area (Å²) < 4.78 is 5.75. The first-order chi connectivity index (χ1) is 8.31. The van der Waals surface area contributed by atoms with E-state index in [0.29, 0.717) is 5.92 Å². The van der Waals surface area contributed by atoms with Crippen molar-refractivity contribution in [3.8, 4) is 0 Å². The SMILES string of the molecule is CCCOC1CC(c2ccccc2)CCC1O. The van der Waals surface area contributed by atoms with E-state index in [1.165, 1.54) is 5.56 Å². The zero-order chi connectivity index (χ0) is 12.1. The quantitative estimate of drug-likeness (QED) is 0.867. The summed E-state index contributed by atoms with van der Waals surface area (Å²) in [5.41, 5.74) is 1.38. The molecule has 1 N–H and O–H groups in total. The average Bonchev–Trinajstić information content (AvgIpc) is 2.39. The van der Waals surface area contributed by atoms with Crippen LogP contribution in [0.25, 0.3) is 0 Å². The first kappa shape index (κ1) is 12.6. The summed E-state index contributed by atoms with van der Waals surface area (Å²) in [5.74, 6) is 0.543. The minimum Gasteiger partial charge on any atom is -0.390 e. The predicted octanol–water partition coefficient (Wildman–Crippen LogP) is 3.11. The number of aliphatic hydroxyl groups is 1. The van der Waals surface area contributed by atoms with Gasteiger partial charge in [0.05, 0.1) is 12.2 Å². The average molecular weight is 234 g/mol. The molecule has 0 spiro atoms. The molecule has 1 fully saturated rings. The largest absolute Gasteiger partial charge is 0.390 e. The molecule has 94 valence electrons. The molecule has 0 heterocycles. The third-order valence-electron chi connectivity index (χ3n) is 3.56. The van der Waals surface area contributed by atoms with Crippen LogP contribution in [0, 0.1) is 0 Å². The topological polar surface area (TPSA) is 29.5 Å². The van der Waals surface area contributed by atoms with E-state index in [1.54, 1.807) is 0 Å². The van der Waals surface area contributed by atoms with Gasteiger partial charge >= 0.3 is 0 Å². The highest BCUT2D eigenvalue weighted by atomic mass is 16.5. The molecule has 1 aliphatic rings. The Morgan fingerprint density at radius 1 is 1.24 bits per heavy atom. The second-order valence-corrected chi connectivity index (χ2v) is 4.90. The van der Waals surface area contributed by atoms with Crippen molar-refractivity contribution in [2.75, 3.05) is 6.61 Å². The van der Waals surface area contributed by atoms with Crippen molar-refractivity contribution >= 4 is 0 Å². The van der Waals surface area contributed by atoms with E-state index in [1.807, 2.05) is 6.07 Å². The summed E-state index contributed by atoms with van der Waals surface area (Å²) in [5, 5.41) is 9.94. The summed E-state index contributed by atoms with van der Waals surface area (Å²) in [6, 6.07) is 10.6. The smallest absolute Gasteiger partial charge is 0.0839 e. The Kier molecular flexibility index (Phi) is 4.57. The van der Waals surface area contributed by atoms with E-state index in [4.69, 9.17) is 4.74 Å². The molecule has 1 aromatic carbocycles. The lowest BCUT2D eigenvalue weighted by Gasteiger charge is -2.33. The molecule has 1 aromatic rings. The van der Waals surface area contributed by atoms with Crippen molar-refractivity contribution in [3.63, 3.8) is 0 Å². The van der Waals surface area contributed by atoms with Crippen LogP contribution < -0.4 is 0 Å². The zero-order valence-electron chi connectivity index (χ0n) is 10.5. The highest BCUT2D eigenvalue weighted by Gasteiger charge is 2.30. The number of hydrogen-bond acceptors (Lipinski definition) is 2. The molecule has 0 aliphatic heterocycles. The molecule has 2 rings (SSSR count). The van der Waals surface area contributed by atoms with Crippen molar-refractivity contribution < 1.29 is 9.84 Å². The summed E-state index contributed by atoms with van der Waals surface area (Å²) in [6.45, 7) is 2.85. The fourth-order valence-corrected chi connectivity index (χ4v) is 2.59. The van der Waals surface area contributed by atoms with Crippen molar-refractivity contribution in [1.82, 2.24) is 0 Å². The molecule has 2 heteroatoms. The van der Waals surface area contributed by atoms with Gasteiger partial charge in [-0.05, 0) is 37.2 Å². The van der Waals surface area contributed by atoms with Gasteiger partial charge in [-0.15, -0.1) is 0 Å². The maximum Gasteiger partial charge on any atom is 0.0839 e. The Balaban J connectivity index is 1.97. The number of ether oxygens (including phenoxy) is 1. The Morgan fingerprint density at radius 2 is 2.00 bits per heavy atom. The van der Waals surface area contributed by atoms with Crippen molar-refractivity contribution in [3.05, 3.63) is 35.9 Å².